The van der Waals surface area contributed by atoms with Crippen molar-refractivity contribution in [1.82, 2.24) is 14.2 Å². The lowest BCUT2D eigenvalue weighted by atomic mass is 10.1. The Labute approximate surface area is 182 Å². The highest BCUT2D eigenvalue weighted by atomic mass is 32.2. The summed E-state index contributed by atoms with van der Waals surface area (Å²) in [6.07, 6.45) is 4.75. The molecule has 166 valence electrons. The first-order valence-electron chi connectivity index (χ1n) is 10.2. The Morgan fingerprint density at radius 3 is 2.50 bits per heavy atom. The van der Waals surface area contributed by atoms with Gasteiger partial charge in [-0.2, -0.15) is 11.8 Å². The van der Waals surface area contributed by atoms with Gasteiger partial charge in [0.1, 0.15) is 5.56 Å². The van der Waals surface area contributed by atoms with Gasteiger partial charge >= 0.3 is 0 Å². The number of fused-ring (bicyclic) bond motifs is 1. The number of rotatable bonds is 11. The smallest absolute Gasteiger partial charge is 0.256 e. The molecule has 0 radical (unpaired) electrons. The van der Waals surface area contributed by atoms with Crippen LogP contribution in [0, 0.1) is 0 Å². The number of aryl methyl sites for hydroxylation is 1. The molecule has 0 saturated carbocycles. The van der Waals surface area contributed by atoms with Crippen LogP contribution in [0.25, 0.3) is 10.9 Å². The van der Waals surface area contributed by atoms with E-state index in [0.29, 0.717) is 18.6 Å². The number of carbonyl (C=O) groups is 1. The van der Waals surface area contributed by atoms with Gasteiger partial charge in [0.05, 0.1) is 10.4 Å². The number of nitrogens with zero attached hydrogens (tertiary/aromatic N) is 2. The normalized spacial score (nSPS) is 11.9. The van der Waals surface area contributed by atoms with E-state index in [0.717, 1.165) is 22.2 Å². The fourth-order valence-electron chi connectivity index (χ4n) is 2.99. The predicted octanol–water partition coefficient (Wildman–Crippen LogP) is 2.92. The molecule has 7 nitrogen and oxygen atoms in total. The van der Waals surface area contributed by atoms with Crippen LogP contribution < -0.4 is 10.7 Å². The molecule has 1 amide bonds. The number of unbranched alkanes of at least 4 members (excludes halogenated alkanes) is 1. The van der Waals surface area contributed by atoms with E-state index >= 15 is 0 Å². The van der Waals surface area contributed by atoms with E-state index in [1.807, 2.05) is 18.7 Å². The Morgan fingerprint density at radius 2 is 1.87 bits per heavy atom. The van der Waals surface area contributed by atoms with E-state index in [9.17, 15) is 18.0 Å². The van der Waals surface area contributed by atoms with E-state index in [4.69, 9.17) is 0 Å². The van der Waals surface area contributed by atoms with Gasteiger partial charge in [-0.25, -0.2) is 12.7 Å². The molecule has 1 aromatic carbocycles. The molecular formula is C21H31N3O4S2. The molecule has 2 aromatic rings. The summed E-state index contributed by atoms with van der Waals surface area (Å²) in [4.78, 5) is 25.7. The lowest BCUT2D eigenvalue weighted by molar-refractivity contribution is 0.0952. The molecule has 0 aliphatic carbocycles. The zero-order valence-corrected chi connectivity index (χ0v) is 19.7. The number of nitrogens with one attached hydrogen (secondary N) is 1. The molecule has 1 N–H and O–H groups in total. The Kier molecular flexibility index (Phi) is 8.93. The number of aromatic nitrogens is 1. The summed E-state index contributed by atoms with van der Waals surface area (Å²) < 4.78 is 27.8. The molecule has 0 saturated heterocycles. The van der Waals surface area contributed by atoms with E-state index in [1.54, 1.807) is 16.8 Å². The largest absolute Gasteiger partial charge is 0.352 e. The Morgan fingerprint density at radius 1 is 1.17 bits per heavy atom. The SMILES string of the molecule is CCCCSCCCNC(=O)c1cn(CC)c2ccc(S(=O)(=O)N(C)C)cc2c1=O. The zero-order chi connectivity index (χ0) is 22.3. The number of hydrogen-bond donors (Lipinski definition) is 1. The van der Waals surface area contributed by atoms with Crippen LogP contribution in [0.5, 0.6) is 0 Å². The van der Waals surface area contributed by atoms with Gasteiger partial charge in [-0.15, -0.1) is 0 Å². The second kappa shape index (κ2) is 11.0. The third-order valence-corrected chi connectivity index (χ3v) is 7.77. The van der Waals surface area contributed by atoms with Crippen molar-refractivity contribution in [3.05, 3.63) is 40.2 Å². The second-order valence-electron chi connectivity index (χ2n) is 7.20. The van der Waals surface area contributed by atoms with Crippen LogP contribution in [0.4, 0.5) is 0 Å². The maximum Gasteiger partial charge on any atom is 0.256 e. The van der Waals surface area contributed by atoms with Crippen molar-refractivity contribution in [3.63, 3.8) is 0 Å². The molecule has 0 atom stereocenters. The fraction of sp³-hybridized carbons (Fsp3) is 0.524. The van der Waals surface area contributed by atoms with Gasteiger partial charge in [-0.1, -0.05) is 13.3 Å². The average molecular weight is 454 g/mol. The van der Waals surface area contributed by atoms with E-state index in [1.165, 1.54) is 39.1 Å². The number of thioether (sulfide) groups is 1. The van der Waals surface area contributed by atoms with Crippen LogP contribution in [0.2, 0.25) is 0 Å². The van der Waals surface area contributed by atoms with Crippen LogP contribution >= 0.6 is 11.8 Å². The molecule has 0 unspecified atom stereocenters. The molecule has 1 heterocycles. The topological polar surface area (TPSA) is 88.5 Å². The van der Waals surface area contributed by atoms with Crippen molar-refractivity contribution >= 4 is 38.6 Å². The van der Waals surface area contributed by atoms with Gasteiger partial charge in [0.15, 0.2) is 0 Å². The Balaban J connectivity index is 2.29. The van der Waals surface area contributed by atoms with E-state index in [2.05, 4.69) is 12.2 Å². The number of amides is 1. The van der Waals surface area contributed by atoms with Crippen LogP contribution in [0.3, 0.4) is 0 Å². The van der Waals surface area contributed by atoms with E-state index < -0.39 is 21.4 Å². The number of sulfonamides is 1. The van der Waals surface area contributed by atoms with Crippen molar-refractivity contribution in [2.75, 3.05) is 32.1 Å². The van der Waals surface area contributed by atoms with Crippen LogP contribution in [0.1, 0.15) is 43.5 Å². The minimum absolute atomic E-state index is 0.0291. The second-order valence-corrected chi connectivity index (χ2v) is 10.6. The first-order chi connectivity index (χ1) is 14.2. The molecule has 1 aromatic heterocycles. The van der Waals surface area contributed by atoms with Crippen molar-refractivity contribution in [1.29, 1.82) is 0 Å². The van der Waals surface area contributed by atoms with Gasteiger partial charge in [-0.05, 0) is 49.5 Å². The highest BCUT2D eigenvalue weighted by molar-refractivity contribution is 7.99. The van der Waals surface area contributed by atoms with Gasteiger partial charge < -0.3 is 9.88 Å². The molecular weight excluding hydrogens is 422 g/mol. The number of carbonyl (C=O) groups excluding carboxylic acids is 1. The fourth-order valence-corrected chi connectivity index (χ4v) is 4.96. The van der Waals surface area contributed by atoms with Crippen molar-refractivity contribution in [3.8, 4) is 0 Å². The Hall–Kier alpha value is -1.84. The van der Waals surface area contributed by atoms with E-state index in [-0.39, 0.29) is 15.8 Å². The number of pyridine rings is 1. The summed E-state index contributed by atoms with van der Waals surface area (Å²) in [5.41, 5.74) is 0.173. The summed E-state index contributed by atoms with van der Waals surface area (Å²) in [7, 11) is -0.805. The predicted molar refractivity (Wildman–Crippen MR) is 124 cm³/mol. The van der Waals surface area contributed by atoms with Gasteiger partial charge in [0, 0.05) is 38.8 Å². The lowest BCUT2D eigenvalue weighted by Gasteiger charge is -2.15. The summed E-state index contributed by atoms with van der Waals surface area (Å²) >= 11 is 1.86. The van der Waals surface area contributed by atoms with Gasteiger partial charge in [0.25, 0.3) is 5.91 Å². The maximum absolute atomic E-state index is 13.0. The van der Waals surface area contributed by atoms with Crippen molar-refractivity contribution in [2.24, 2.45) is 0 Å². The lowest BCUT2D eigenvalue weighted by Crippen LogP contribution is -2.31. The number of benzene rings is 1. The summed E-state index contributed by atoms with van der Waals surface area (Å²) in [6.45, 7) is 5.11. The third kappa shape index (κ3) is 5.65. The van der Waals surface area contributed by atoms with Gasteiger partial charge in [0.2, 0.25) is 15.5 Å². The molecule has 0 aliphatic rings. The third-order valence-electron chi connectivity index (χ3n) is 4.81. The molecule has 2 rings (SSSR count). The first kappa shape index (κ1) is 24.4. The van der Waals surface area contributed by atoms with Gasteiger partial charge in [-0.3, -0.25) is 9.59 Å². The molecule has 0 bridgehead atoms. The van der Waals surface area contributed by atoms with Crippen molar-refractivity contribution in [2.45, 2.75) is 44.6 Å². The minimum Gasteiger partial charge on any atom is -0.352 e. The number of hydrogen-bond acceptors (Lipinski definition) is 5. The molecule has 0 spiro atoms. The minimum atomic E-state index is -3.68. The first-order valence-corrected chi connectivity index (χ1v) is 12.8. The monoisotopic (exact) mass is 453 g/mol. The summed E-state index contributed by atoms with van der Waals surface area (Å²) in [5.74, 6) is 1.65. The quantitative estimate of drug-likeness (QED) is 0.529. The summed E-state index contributed by atoms with van der Waals surface area (Å²) in [5, 5.41) is 3.04. The molecule has 0 fully saturated rings. The zero-order valence-electron chi connectivity index (χ0n) is 18.1. The average Bonchev–Trinajstić information content (AvgIpc) is 2.72. The molecule has 30 heavy (non-hydrogen) atoms. The van der Waals surface area contributed by atoms with Crippen molar-refractivity contribution < 1.29 is 13.2 Å². The molecule has 9 heteroatoms. The Bertz CT molecular complexity index is 1050. The highest BCUT2D eigenvalue weighted by Gasteiger charge is 2.20. The summed E-state index contributed by atoms with van der Waals surface area (Å²) in [6, 6.07) is 4.46. The van der Waals surface area contributed by atoms with Crippen LogP contribution in [0.15, 0.2) is 34.1 Å². The molecule has 0 aliphatic heterocycles. The highest BCUT2D eigenvalue weighted by Crippen LogP contribution is 2.20. The van der Waals surface area contributed by atoms with Crippen LogP contribution in [-0.4, -0.2) is 55.3 Å². The van der Waals surface area contributed by atoms with Crippen LogP contribution in [-0.2, 0) is 16.6 Å². The standard InChI is InChI=1S/C21H31N3O4S2/c1-5-7-12-29-13-8-11-22-21(26)18-15-24(6-2)19-10-9-16(14-17(19)20(18)25)30(27,28)23(3)4/h9-10,14-15H,5-8,11-13H2,1-4H3,(H,22,26). The maximum atomic E-state index is 13.0.